The van der Waals surface area contributed by atoms with E-state index in [1.54, 1.807) is 24.3 Å². The highest BCUT2D eigenvalue weighted by molar-refractivity contribution is 9.10. The van der Waals surface area contributed by atoms with Gasteiger partial charge in [-0.2, -0.15) is 0 Å². The number of fused-ring (bicyclic) bond motifs is 1. The second-order valence-corrected chi connectivity index (χ2v) is 6.39. The van der Waals surface area contributed by atoms with Crippen LogP contribution in [0.1, 0.15) is 10.4 Å². The van der Waals surface area contributed by atoms with Gasteiger partial charge in [-0.05, 0) is 46.3 Å². The first kappa shape index (κ1) is 13.5. The lowest BCUT2D eigenvalue weighted by molar-refractivity contribution is 0.102. The van der Waals surface area contributed by atoms with Gasteiger partial charge in [-0.1, -0.05) is 35.1 Å². The molecule has 1 amide bonds. The number of benzene rings is 2. The van der Waals surface area contributed by atoms with Crippen molar-refractivity contribution < 1.29 is 4.79 Å². The van der Waals surface area contributed by atoms with Crippen LogP contribution in [0, 0.1) is 0 Å². The molecule has 3 aromatic rings. The Morgan fingerprint density at radius 3 is 2.80 bits per heavy atom. The highest BCUT2D eigenvalue weighted by Gasteiger charge is 2.11. The molecule has 3 rings (SSSR count). The number of carbonyl (C=O) groups excluding carboxylic acids is 1. The van der Waals surface area contributed by atoms with Crippen molar-refractivity contribution in [1.82, 2.24) is 4.98 Å². The summed E-state index contributed by atoms with van der Waals surface area (Å²) in [6, 6.07) is 12.6. The molecule has 2 aromatic carbocycles. The fourth-order valence-corrected chi connectivity index (χ4v) is 3.43. The molecule has 1 aromatic heterocycles. The molecule has 0 aliphatic rings. The number of para-hydroxylation sites is 1. The van der Waals surface area contributed by atoms with Crippen molar-refractivity contribution in [3.63, 3.8) is 0 Å². The Hall–Kier alpha value is -1.43. The van der Waals surface area contributed by atoms with E-state index >= 15 is 0 Å². The van der Waals surface area contributed by atoms with Crippen LogP contribution in [-0.2, 0) is 0 Å². The summed E-state index contributed by atoms with van der Waals surface area (Å²) >= 11 is 10.8. The average molecular weight is 368 g/mol. The maximum absolute atomic E-state index is 12.1. The fourth-order valence-electron chi connectivity index (χ4n) is 1.77. The van der Waals surface area contributed by atoms with Crippen molar-refractivity contribution in [2.24, 2.45) is 0 Å². The van der Waals surface area contributed by atoms with E-state index in [0.29, 0.717) is 15.7 Å². The molecule has 3 nitrogen and oxygen atoms in total. The molecule has 0 aliphatic heterocycles. The van der Waals surface area contributed by atoms with Crippen molar-refractivity contribution >= 4 is 60.1 Å². The minimum absolute atomic E-state index is 0.220. The van der Waals surface area contributed by atoms with E-state index in [-0.39, 0.29) is 5.91 Å². The highest BCUT2D eigenvalue weighted by atomic mass is 79.9. The summed E-state index contributed by atoms with van der Waals surface area (Å²) in [4.78, 5) is 16.5. The van der Waals surface area contributed by atoms with Gasteiger partial charge in [0, 0.05) is 15.1 Å². The quantitative estimate of drug-likeness (QED) is 0.695. The third-order valence-corrected chi connectivity index (χ3v) is 4.49. The molecule has 0 spiro atoms. The Balaban J connectivity index is 1.89. The van der Waals surface area contributed by atoms with Gasteiger partial charge in [0.25, 0.3) is 5.91 Å². The molecule has 0 radical (unpaired) electrons. The van der Waals surface area contributed by atoms with Crippen LogP contribution in [-0.4, -0.2) is 10.9 Å². The molecule has 20 heavy (non-hydrogen) atoms. The number of nitrogens with zero attached hydrogens (tertiary/aromatic N) is 1. The van der Waals surface area contributed by atoms with Crippen LogP contribution in [0.25, 0.3) is 10.2 Å². The predicted octanol–water partition coefficient (Wildman–Crippen LogP) is 4.96. The van der Waals surface area contributed by atoms with E-state index in [1.165, 1.54) is 11.3 Å². The van der Waals surface area contributed by atoms with E-state index in [4.69, 9.17) is 11.6 Å². The smallest absolute Gasteiger partial charge is 0.257 e. The average Bonchev–Trinajstić information content (AvgIpc) is 2.83. The summed E-state index contributed by atoms with van der Waals surface area (Å²) in [6.07, 6.45) is 0. The van der Waals surface area contributed by atoms with Crippen molar-refractivity contribution in [1.29, 1.82) is 0 Å². The lowest BCUT2D eigenvalue weighted by atomic mass is 10.2. The van der Waals surface area contributed by atoms with Gasteiger partial charge in [0.1, 0.15) is 0 Å². The summed E-state index contributed by atoms with van der Waals surface area (Å²) < 4.78 is 1.93. The van der Waals surface area contributed by atoms with Crippen LogP contribution in [0.5, 0.6) is 0 Å². The molecule has 0 atom stereocenters. The summed E-state index contributed by atoms with van der Waals surface area (Å²) in [5, 5.41) is 3.89. The number of nitrogens with one attached hydrogen (secondary N) is 1. The Bertz CT molecular complexity index is 803. The Morgan fingerprint density at radius 2 is 2.05 bits per heavy atom. The first-order chi connectivity index (χ1) is 9.63. The van der Waals surface area contributed by atoms with E-state index in [2.05, 4.69) is 26.2 Å². The SMILES string of the molecule is O=C(Nc1nc2c(Br)cccc2s1)c1cccc(Cl)c1. The number of rotatable bonds is 2. The van der Waals surface area contributed by atoms with E-state index in [1.807, 2.05) is 18.2 Å². The number of hydrogen-bond acceptors (Lipinski definition) is 3. The zero-order valence-corrected chi connectivity index (χ0v) is 13.2. The molecule has 0 bridgehead atoms. The third-order valence-electron chi connectivity index (χ3n) is 2.68. The largest absolute Gasteiger partial charge is 0.298 e. The predicted molar refractivity (Wildman–Crippen MR) is 86.7 cm³/mol. The maximum atomic E-state index is 12.1. The van der Waals surface area contributed by atoms with Crippen LogP contribution in [0.3, 0.4) is 0 Å². The Labute approximate surface area is 132 Å². The minimum atomic E-state index is -0.220. The molecule has 1 N–H and O–H groups in total. The lowest BCUT2D eigenvalue weighted by Gasteiger charge is -2.01. The molecule has 1 heterocycles. The molecule has 100 valence electrons. The zero-order valence-electron chi connectivity index (χ0n) is 10.1. The third kappa shape index (κ3) is 2.70. The summed E-state index contributed by atoms with van der Waals surface area (Å²) in [7, 11) is 0. The summed E-state index contributed by atoms with van der Waals surface area (Å²) in [5.41, 5.74) is 1.36. The first-order valence-electron chi connectivity index (χ1n) is 5.75. The fraction of sp³-hybridized carbons (Fsp3) is 0. The standard InChI is InChI=1S/C14H8BrClN2OS/c15-10-5-2-6-11-12(10)17-14(20-11)18-13(19)8-3-1-4-9(16)7-8/h1-7H,(H,17,18,19). The Kier molecular flexibility index (Phi) is 3.74. The van der Waals surface area contributed by atoms with Crippen LogP contribution >= 0.6 is 38.9 Å². The van der Waals surface area contributed by atoms with E-state index < -0.39 is 0 Å². The molecular weight excluding hydrogens is 360 g/mol. The molecular formula is C14H8BrClN2OS. The number of anilines is 1. The number of carbonyl (C=O) groups is 1. The van der Waals surface area contributed by atoms with Crippen LogP contribution in [0.2, 0.25) is 5.02 Å². The molecule has 0 unspecified atom stereocenters. The molecule has 0 saturated heterocycles. The van der Waals surface area contributed by atoms with Gasteiger partial charge < -0.3 is 0 Å². The monoisotopic (exact) mass is 366 g/mol. The summed E-state index contributed by atoms with van der Waals surface area (Å²) in [6.45, 7) is 0. The number of halogens is 2. The van der Waals surface area contributed by atoms with Crippen LogP contribution < -0.4 is 5.32 Å². The first-order valence-corrected chi connectivity index (χ1v) is 7.74. The number of thiazole rings is 1. The van der Waals surface area contributed by atoms with Crippen molar-refractivity contribution in [3.8, 4) is 0 Å². The molecule has 0 aliphatic carbocycles. The van der Waals surface area contributed by atoms with Gasteiger partial charge >= 0.3 is 0 Å². The van der Waals surface area contributed by atoms with E-state index in [9.17, 15) is 4.79 Å². The van der Waals surface area contributed by atoms with Gasteiger partial charge in [0.05, 0.1) is 10.2 Å². The molecule has 6 heteroatoms. The van der Waals surface area contributed by atoms with Gasteiger partial charge in [-0.3, -0.25) is 10.1 Å². The molecule has 0 saturated carbocycles. The van der Waals surface area contributed by atoms with E-state index in [0.717, 1.165) is 14.7 Å². The highest BCUT2D eigenvalue weighted by Crippen LogP contribution is 2.31. The summed E-state index contributed by atoms with van der Waals surface area (Å²) in [5.74, 6) is -0.220. The van der Waals surface area contributed by atoms with Gasteiger partial charge in [-0.25, -0.2) is 4.98 Å². The molecule has 0 fully saturated rings. The Morgan fingerprint density at radius 1 is 1.25 bits per heavy atom. The van der Waals surface area contributed by atoms with Crippen molar-refractivity contribution in [2.75, 3.05) is 5.32 Å². The van der Waals surface area contributed by atoms with Gasteiger partial charge in [0.2, 0.25) is 0 Å². The van der Waals surface area contributed by atoms with Gasteiger partial charge in [-0.15, -0.1) is 0 Å². The van der Waals surface area contributed by atoms with Crippen molar-refractivity contribution in [2.45, 2.75) is 0 Å². The lowest BCUT2D eigenvalue weighted by Crippen LogP contribution is -2.11. The topological polar surface area (TPSA) is 42.0 Å². The van der Waals surface area contributed by atoms with Crippen LogP contribution in [0.4, 0.5) is 5.13 Å². The number of amides is 1. The van der Waals surface area contributed by atoms with Gasteiger partial charge in [0.15, 0.2) is 5.13 Å². The zero-order chi connectivity index (χ0) is 14.1. The number of hydrogen-bond donors (Lipinski definition) is 1. The maximum Gasteiger partial charge on any atom is 0.257 e. The second kappa shape index (κ2) is 5.52. The van der Waals surface area contributed by atoms with Crippen LogP contribution in [0.15, 0.2) is 46.9 Å². The number of aromatic nitrogens is 1. The normalized spacial score (nSPS) is 10.7. The van der Waals surface area contributed by atoms with Crippen molar-refractivity contribution in [3.05, 3.63) is 57.5 Å². The second-order valence-electron chi connectivity index (χ2n) is 4.07. The minimum Gasteiger partial charge on any atom is -0.298 e.